The Morgan fingerprint density at radius 1 is 0.886 bits per heavy atom. The van der Waals surface area contributed by atoms with Crippen LogP contribution in [0.25, 0.3) is 0 Å². The number of ether oxygens (including phenoxy) is 3. The molecule has 1 unspecified atom stereocenters. The summed E-state index contributed by atoms with van der Waals surface area (Å²) in [5.74, 6) is -0.774. The molecule has 1 aliphatic carbocycles. The van der Waals surface area contributed by atoms with Crippen molar-refractivity contribution in [3.05, 3.63) is 35.4 Å². The van der Waals surface area contributed by atoms with Gasteiger partial charge in [0.1, 0.15) is 18.6 Å². The van der Waals surface area contributed by atoms with Crippen molar-refractivity contribution in [2.24, 2.45) is 10.8 Å². The summed E-state index contributed by atoms with van der Waals surface area (Å²) in [5, 5.41) is 0. The molecule has 6 heteroatoms. The molecule has 1 fully saturated rings. The van der Waals surface area contributed by atoms with Gasteiger partial charge in [0.05, 0.1) is 29.9 Å². The first-order chi connectivity index (χ1) is 16.2. The highest BCUT2D eigenvalue weighted by atomic mass is 31.2. The average Bonchev–Trinajstić information content (AvgIpc) is 2.80. The zero-order chi connectivity index (χ0) is 26.3. The topological polar surface area (TPSA) is 61.8 Å². The molecule has 0 heterocycles. The van der Waals surface area contributed by atoms with Crippen LogP contribution in [0.5, 0.6) is 0 Å². The summed E-state index contributed by atoms with van der Waals surface area (Å²) < 4.78 is 16.9. The van der Waals surface area contributed by atoms with E-state index in [1.165, 1.54) is 43.8 Å². The van der Waals surface area contributed by atoms with Gasteiger partial charge in [-0.25, -0.2) is 0 Å². The van der Waals surface area contributed by atoms with Crippen LogP contribution in [0.2, 0.25) is 0 Å². The summed E-state index contributed by atoms with van der Waals surface area (Å²) in [6, 6.07) is 8.48. The molecule has 1 saturated carbocycles. The van der Waals surface area contributed by atoms with E-state index >= 15 is 0 Å². The summed E-state index contributed by atoms with van der Waals surface area (Å²) in [7, 11) is -0.993. The summed E-state index contributed by atoms with van der Waals surface area (Å²) in [6.45, 7) is 16.2. The second-order valence-corrected chi connectivity index (χ2v) is 17.0. The number of esters is 2. The van der Waals surface area contributed by atoms with E-state index in [1.54, 1.807) is 27.7 Å². The third-order valence-electron chi connectivity index (χ3n) is 6.91. The lowest BCUT2D eigenvalue weighted by Gasteiger charge is -2.31. The van der Waals surface area contributed by atoms with Crippen molar-refractivity contribution in [3.63, 3.8) is 0 Å². The van der Waals surface area contributed by atoms with E-state index in [2.05, 4.69) is 37.6 Å². The van der Waals surface area contributed by atoms with Crippen molar-refractivity contribution in [1.29, 1.82) is 0 Å². The molecule has 0 aromatic heterocycles. The van der Waals surface area contributed by atoms with Gasteiger partial charge in [0.15, 0.2) is 0 Å². The van der Waals surface area contributed by atoms with Crippen LogP contribution in [0, 0.1) is 10.8 Å². The molecule has 1 aromatic carbocycles. The summed E-state index contributed by atoms with van der Waals surface area (Å²) >= 11 is 0. The van der Waals surface area contributed by atoms with E-state index in [0.29, 0.717) is 0 Å². The van der Waals surface area contributed by atoms with E-state index in [9.17, 15) is 9.59 Å². The molecule has 0 N–H and O–H groups in total. The lowest BCUT2D eigenvalue weighted by Crippen LogP contribution is -2.41. The summed E-state index contributed by atoms with van der Waals surface area (Å²) in [6.07, 6.45) is 8.06. The first kappa shape index (κ1) is 29.8. The molecule has 1 aliphatic rings. The molecule has 198 valence electrons. The standard InChI is InChI=1S/C29H48O5P/c1-22(2)33-20-29(6,21-34-26(30)28(3,4)5)27(31)32-18-23-14-16-24(17-15-23)19-35(7,8)25-12-10-9-11-13-25/h14-17,22,25H,9-13,18-21H2,1-8H3/q+1. The van der Waals surface area contributed by atoms with Crippen LogP contribution < -0.4 is 0 Å². The highest BCUT2D eigenvalue weighted by Gasteiger charge is 2.39. The monoisotopic (exact) mass is 507 g/mol. The third kappa shape index (κ3) is 9.50. The fourth-order valence-corrected chi connectivity index (χ4v) is 7.57. The van der Waals surface area contributed by atoms with Gasteiger partial charge in [-0.05, 0) is 78.4 Å². The number of hydrogen-bond acceptors (Lipinski definition) is 5. The summed E-state index contributed by atoms with van der Waals surface area (Å²) in [4.78, 5) is 25.3. The molecule has 1 atom stereocenters. The first-order valence-corrected chi connectivity index (χ1v) is 16.0. The molecule has 0 aliphatic heterocycles. The maximum Gasteiger partial charge on any atom is 0.317 e. The zero-order valence-electron chi connectivity index (χ0n) is 23.3. The van der Waals surface area contributed by atoms with Crippen molar-refractivity contribution in [2.45, 2.75) is 98.2 Å². The second-order valence-electron chi connectivity index (χ2n) is 12.4. The summed E-state index contributed by atoms with van der Waals surface area (Å²) in [5.41, 5.74) is 1.51. The van der Waals surface area contributed by atoms with Crippen LogP contribution in [0.1, 0.15) is 84.8 Å². The molecule has 0 saturated heterocycles. The Bertz CT molecular complexity index is 818. The van der Waals surface area contributed by atoms with Gasteiger partial charge in [0, 0.05) is 20.6 Å². The third-order valence-corrected chi connectivity index (χ3v) is 10.6. The lowest BCUT2D eigenvalue weighted by atomic mass is 9.92. The minimum atomic E-state index is -1.07. The van der Waals surface area contributed by atoms with Crippen molar-refractivity contribution < 1.29 is 23.8 Å². The smallest absolute Gasteiger partial charge is 0.317 e. The molecule has 0 bridgehead atoms. The first-order valence-electron chi connectivity index (χ1n) is 13.1. The van der Waals surface area contributed by atoms with Gasteiger partial charge in [-0.15, -0.1) is 0 Å². The zero-order valence-corrected chi connectivity index (χ0v) is 24.2. The Morgan fingerprint density at radius 2 is 1.46 bits per heavy atom. The fourth-order valence-electron chi connectivity index (χ4n) is 4.40. The SMILES string of the molecule is CC(C)OCC(C)(COC(=O)C(C)(C)C)C(=O)OCc1ccc(C[P+](C)(C)C2CCCCC2)cc1. The predicted molar refractivity (Wildman–Crippen MR) is 145 cm³/mol. The van der Waals surface area contributed by atoms with E-state index in [-0.39, 0.29) is 31.9 Å². The maximum atomic E-state index is 13.1. The number of carbonyl (C=O) groups excluding carboxylic acids is 2. The molecule has 0 spiro atoms. The van der Waals surface area contributed by atoms with Crippen LogP contribution in [-0.2, 0) is 36.6 Å². The quantitative estimate of drug-likeness (QED) is 0.242. The van der Waals surface area contributed by atoms with Gasteiger partial charge in [-0.3, -0.25) is 9.59 Å². The Kier molecular flexibility index (Phi) is 10.8. The average molecular weight is 508 g/mol. The Morgan fingerprint density at radius 3 is 2.00 bits per heavy atom. The van der Waals surface area contributed by atoms with Crippen molar-refractivity contribution in [1.82, 2.24) is 0 Å². The van der Waals surface area contributed by atoms with Crippen molar-refractivity contribution in [3.8, 4) is 0 Å². The van der Waals surface area contributed by atoms with E-state index in [1.807, 2.05) is 13.8 Å². The maximum absolute atomic E-state index is 13.1. The van der Waals surface area contributed by atoms with Crippen molar-refractivity contribution >= 4 is 19.2 Å². The molecular weight excluding hydrogens is 459 g/mol. The molecule has 2 rings (SSSR count). The number of benzene rings is 1. The van der Waals surface area contributed by atoms with Gasteiger partial charge in [-0.1, -0.05) is 30.7 Å². The van der Waals surface area contributed by atoms with E-state index in [0.717, 1.165) is 11.2 Å². The van der Waals surface area contributed by atoms with Crippen molar-refractivity contribution in [2.75, 3.05) is 26.5 Å². The van der Waals surface area contributed by atoms with E-state index < -0.39 is 24.1 Å². The fraction of sp³-hybridized carbons (Fsp3) is 0.724. The normalized spacial score (nSPS) is 17.2. The predicted octanol–water partition coefficient (Wildman–Crippen LogP) is 6.86. The molecule has 1 aromatic rings. The Labute approximate surface area is 214 Å². The highest BCUT2D eigenvalue weighted by molar-refractivity contribution is 7.74. The lowest BCUT2D eigenvalue weighted by molar-refractivity contribution is -0.172. The number of rotatable bonds is 11. The van der Waals surface area contributed by atoms with Gasteiger partial charge < -0.3 is 14.2 Å². The van der Waals surface area contributed by atoms with Gasteiger partial charge in [0.2, 0.25) is 0 Å². The van der Waals surface area contributed by atoms with Crippen LogP contribution in [0.15, 0.2) is 24.3 Å². The minimum absolute atomic E-state index is 0.0475. The van der Waals surface area contributed by atoms with Crippen LogP contribution >= 0.6 is 7.26 Å². The molecule has 0 radical (unpaired) electrons. The van der Waals surface area contributed by atoms with Crippen LogP contribution in [-0.4, -0.2) is 50.2 Å². The number of carbonyl (C=O) groups is 2. The molecular formula is C29H48O5P+. The van der Waals surface area contributed by atoms with Gasteiger partial charge in [-0.2, -0.15) is 0 Å². The highest BCUT2D eigenvalue weighted by Crippen LogP contribution is 2.62. The Balaban J connectivity index is 1.97. The molecule has 0 amide bonds. The largest absolute Gasteiger partial charge is 0.464 e. The minimum Gasteiger partial charge on any atom is -0.464 e. The van der Waals surface area contributed by atoms with E-state index in [4.69, 9.17) is 14.2 Å². The molecule has 5 nitrogen and oxygen atoms in total. The van der Waals surface area contributed by atoms with Gasteiger partial charge in [0.25, 0.3) is 0 Å². The Hall–Kier alpha value is -1.45. The van der Waals surface area contributed by atoms with Crippen LogP contribution in [0.3, 0.4) is 0 Å². The van der Waals surface area contributed by atoms with Crippen LogP contribution in [0.4, 0.5) is 0 Å². The number of hydrogen-bond donors (Lipinski definition) is 0. The molecule has 35 heavy (non-hydrogen) atoms. The second kappa shape index (κ2) is 12.7. The van der Waals surface area contributed by atoms with Gasteiger partial charge >= 0.3 is 11.9 Å².